The molecule has 2 amide bonds. The smallest absolute Gasteiger partial charge is 0.265 e. The van der Waals surface area contributed by atoms with Gasteiger partial charge < -0.3 is 15.6 Å². The molecular weight excluding hydrogens is 370 g/mol. The van der Waals surface area contributed by atoms with Crippen LogP contribution in [0, 0.1) is 5.92 Å². The number of aryl methyl sites for hydroxylation is 1. The molecule has 2 aromatic rings. The van der Waals surface area contributed by atoms with E-state index in [0.29, 0.717) is 18.7 Å². The van der Waals surface area contributed by atoms with Gasteiger partial charge in [-0.15, -0.1) is 0 Å². The van der Waals surface area contributed by atoms with Gasteiger partial charge in [-0.3, -0.25) is 9.59 Å². The van der Waals surface area contributed by atoms with Gasteiger partial charge in [-0.05, 0) is 31.0 Å². The highest BCUT2D eigenvalue weighted by Crippen LogP contribution is 2.25. The van der Waals surface area contributed by atoms with E-state index in [1.165, 1.54) is 21.1 Å². The van der Waals surface area contributed by atoms with E-state index in [9.17, 15) is 18.0 Å². The summed E-state index contributed by atoms with van der Waals surface area (Å²) in [5, 5.41) is 2.75. The molecule has 0 spiro atoms. The molecular formula is C17H21N5O4S. The minimum Gasteiger partial charge on any atom is -0.364 e. The number of piperidine rings is 1. The highest BCUT2D eigenvalue weighted by atomic mass is 32.2. The summed E-state index contributed by atoms with van der Waals surface area (Å²) in [6.45, 7) is 0.451. The standard InChI is InChI=1S/C17H21N5O4S/c1-21-11-13(10-14(21)16(18)23)27(25,26)22-8-5-12(6-9-22)17(24)20-15-4-2-3-7-19-15/h2-4,7,10-12H,5-6,8-9H2,1H3,(H2,18,23)(H,19,20,24). The average Bonchev–Trinajstić information content (AvgIpc) is 3.05. The molecule has 1 aliphatic heterocycles. The van der Waals surface area contributed by atoms with Crippen LogP contribution in [0.3, 0.4) is 0 Å². The number of rotatable bonds is 5. The number of carbonyl (C=O) groups excluding carboxylic acids is 2. The Labute approximate surface area is 157 Å². The van der Waals surface area contributed by atoms with E-state index in [4.69, 9.17) is 5.73 Å². The number of carbonyl (C=O) groups is 2. The fourth-order valence-corrected chi connectivity index (χ4v) is 4.63. The van der Waals surface area contributed by atoms with Crippen molar-refractivity contribution in [2.75, 3.05) is 18.4 Å². The third kappa shape index (κ3) is 4.01. The average molecular weight is 391 g/mol. The van der Waals surface area contributed by atoms with Gasteiger partial charge in [0.25, 0.3) is 5.91 Å². The molecule has 0 unspecified atom stereocenters. The van der Waals surface area contributed by atoms with Crippen LogP contribution < -0.4 is 11.1 Å². The molecule has 3 N–H and O–H groups in total. The van der Waals surface area contributed by atoms with Crippen molar-refractivity contribution >= 4 is 27.7 Å². The van der Waals surface area contributed by atoms with Crippen LogP contribution in [0.25, 0.3) is 0 Å². The second-order valence-corrected chi connectivity index (χ2v) is 8.36. The Balaban J connectivity index is 1.65. The highest BCUT2D eigenvalue weighted by molar-refractivity contribution is 7.89. The fraction of sp³-hybridized carbons (Fsp3) is 0.353. The molecule has 1 aliphatic rings. The van der Waals surface area contributed by atoms with Gasteiger partial charge in [0.2, 0.25) is 15.9 Å². The molecule has 3 rings (SSSR count). The number of nitrogens with one attached hydrogen (secondary N) is 1. The molecule has 0 atom stereocenters. The van der Waals surface area contributed by atoms with Crippen LogP contribution in [0.1, 0.15) is 23.3 Å². The van der Waals surface area contributed by atoms with E-state index < -0.39 is 15.9 Å². The van der Waals surface area contributed by atoms with Gasteiger partial charge in [-0.1, -0.05) is 6.07 Å². The van der Waals surface area contributed by atoms with Crippen molar-refractivity contribution in [2.45, 2.75) is 17.7 Å². The van der Waals surface area contributed by atoms with Gasteiger partial charge >= 0.3 is 0 Å². The van der Waals surface area contributed by atoms with Gasteiger partial charge in [0, 0.05) is 38.4 Å². The topological polar surface area (TPSA) is 127 Å². The lowest BCUT2D eigenvalue weighted by Crippen LogP contribution is -2.41. The molecule has 27 heavy (non-hydrogen) atoms. The molecule has 0 aromatic carbocycles. The van der Waals surface area contributed by atoms with Gasteiger partial charge in [0.1, 0.15) is 16.4 Å². The predicted octanol–water partition coefficient (Wildman–Crippen LogP) is 0.558. The Hall–Kier alpha value is -2.72. The Morgan fingerprint density at radius 3 is 2.52 bits per heavy atom. The van der Waals surface area contributed by atoms with Crippen LogP contribution in [0.5, 0.6) is 0 Å². The van der Waals surface area contributed by atoms with Crippen molar-refractivity contribution in [3.63, 3.8) is 0 Å². The summed E-state index contributed by atoms with van der Waals surface area (Å²) in [6.07, 6.45) is 3.78. The minimum absolute atomic E-state index is 0.0233. The van der Waals surface area contributed by atoms with Crippen LogP contribution in [0.15, 0.2) is 41.6 Å². The van der Waals surface area contributed by atoms with Crippen LogP contribution >= 0.6 is 0 Å². The first-order valence-electron chi connectivity index (χ1n) is 8.47. The zero-order chi connectivity index (χ0) is 19.6. The summed E-state index contributed by atoms with van der Waals surface area (Å²) >= 11 is 0. The molecule has 0 bridgehead atoms. The number of amides is 2. The van der Waals surface area contributed by atoms with Crippen molar-refractivity contribution in [3.05, 3.63) is 42.4 Å². The quantitative estimate of drug-likeness (QED) is 0.770. The summed E-state index contributed by atoms with van der Waals surface area (Å²) in [4.78, 5) is 27.8. The minimum atomic E-state index is -3.74. The summed E-state index contributed by atoms with van der Waals surface area (Å²) < 4.78 is 28.3. The summed E-state index contributed by atoms with van der Waals surface area (Å²) in [6, 6.07) is 6.50. The second-order valence-electron chi connectivity index (χ2n) is 6.42. The maximum Gasteiger partial charge on any atom is 0.265 e. The summed E-state index contributed by atoms with van der Waals surface area (Å²) in [7, 11) is -2.18. The number of nitrogens with zero attached hydrogens (tertiary/aromatic N) is 3. The van der Waals surface area contributed by atoms with E-state index in [-0.39, 0.29) is 35.5 Å². The first kappa shape index (κ1) is 19.1. The largest absolute Gasteiger partial charge is 0.364 e. The zero-order valence-corrected chi connectivity index (χ0v) is 15.6. The zero-order valence-electron chi connectivity index (χ0n) is 14.8. The Bertz CT molecular complexity index is 947. The highest BCUT2D eigenvalue weighted by Gasteiger charge is 2.33. The molecule has 0 radical (unpaired) electrons. The number of aromatic nitrogens is 2. The van der Waals surface area contributed by atoms with E-state index in [2.05, 4.69) is 10.3 Å². The summed E-state index contributed by atoms with van der Waals surface area (Å²) in [5.74, 6) is -0.665. The SMILES string of the molecule is Cn1cc(S(=O)(=O)N2CCC(C(=O)Nc3ccccn3)CC2)cc1C(N)=O. The number of anilines is 1. The maximum atomic E-state index is 12.8. The van der Waals surface area contributed by atoms with E-state index >= 15 is 0 Å². The molecule has 1 saturated heterocycles. The van der Waals surface area contributed by atoms with Crippen molar-refractivity contribution < 1.29 is 18.0 Å². The first-order valence-corrected chi connectivity index (χ1v) is 9.91. The number of sulfonamides is 1. The molecule has 0 aliphatic carbocycles. The maximum absolute atomic E-state index is 12.8. The van der Waals surface area contributed by atoms with E-state index in [0.717, 1.165) is 0 Å². The lowest BCUT2D eigenvalue weighted by molar-refractivity contribution is -0.120. The van der Waals surface area contributed by atoms with Gasteiger partial charge in [0.15, 0.2) is 0 Å². The van der Waals surface area contributed by atoms with Crippen LogP contribution in [-0.2, 0) is 21.9 Å². The van der Waals surface area contributed by atoms with Crippen LogP contribution in [-0.4, -0.2) is 47.2 Å². The molecule has 2 aromatic heterocycles. The molecule has 1 fully saturated rings. The van der Waals surface area contributed by atoms with Gasteiger partial charge in [-0.2, -0.15) is 4.31 Å². The van der Waals surface area contributed by atoms with Gasteiger partial charge in [0.05, 0.1) is 0 Å². The number of primary amides is 1. The van der Waals surface area contributed by atoms with Crippen LogP contribution in [0.4, 0.5) is 5.82 Å². The third-order valence-electron chi connectivity index (χ3n) is 4.61. The molecule has 144 valence electrons. The van der Waals surface area contributed by atoms with E-state index in [1.54, 1.807) is 31.4 Å². The monoisotopic (exact) mass is 391 g/mol. The fourth-order valence-electron chi connectivity index (χ4n) is 3.09. The lowest BCUT2D eigenvalue weighted by atomic mass is 9.97. The normalized spacial score (nSPS) is 16.2. The predicted molar refractivity (Wildman–Crippen MR) is 98.3 cm³/mol. The third-order valence-corrected chi connectivity index (χ3v) is 6.47. The Morgan fingerprint density at radius 2 is 1.96 bits per heavy atom. The van der Waals surface area contributed by atoms with Gasteiger partial charge in [-0.25, -0.2) is 13.4 Å². The first-order chi connectivity index (χ1) is 12.8. The van der Waals surface area contributed by atoms with Crippen molar-refractivity contribution in [2.24, 2.45) is 18.7 Å². The molecule has 3 heterocycles. The van der Waals surface area contributed by atoms with Crippen molar-refractivity contribution in [3.8, 4) is 0 Å². The Morgan fingerprint density at radius 1 is 1.26 bits per heavy atom. The lowest BCUT2D eigenvalue weighted by Gasteiger charge is -2.30. The molecule has 9 nitrogen and oxygen atoms in total. The van der Waals surface area contributed by atoms with Crippen molar-refractivity contribution in [1.82, 2.24) is 13.9 Å². The number of hydrogen-bond acceptors (Lipinski definition) is 5. The Kier molecular flexibility index (Phi) is 5.29. The molecule has 0 saturated carbocycles. The number of pyridine rings is 1. The van der Waals surface area contributed by atoms with Crippen molar-refractivity contribution in [1.29, 1.82) is 0 Å². The number of hydrogen-bond donors (Lipinski definition) is 2. The summed E-state index contributed by atoms with van der Waals surface area (Å²) in [5.41, 5.74) is 5.37. The van der Waals surface area contributed by atoms with E-state index in [1.807, 2.05) is 0 Å². The number of nitrogens with two attached hydrogens (primary N) is 1. The van der Waals surface area contributed by atoms with Crippen LogP contribution in [0.2, 0.25) is 0 Å². The second kappa shape index (κ2) is 7.49. The molecule has 10 heteroatoms.